The second-order valence-corrected chi connectivity index (χ2v) is 9.29. The van der Waals surface area contributed by atoms with E-state index in [1.165, 1.54) is 0 Å². The van der Waals surface area contributed by atoms with Crippen LogP contribution in [0.2, 0.25) is 0 Å². The first-order valence-corrected chi connectivity index (χ1v) is 11.0. The molecule has 2 aromatic heterocycles. The zero-order valence-electron chi connectivity index (χ0n) is 16.6. The number of fused-ring (bicyclic) bond motifs is 1. The van der Waals surface area contributed by atoms with Crippen molar-refractivity contribution in [3.63, 3.8) is 0 Å². The van der Waals surface area contributed by atoms with Crippen LogP contribution in [0.4, 0.5) is 0 Å². The third-order valence-corrected chi connectivity index (χ3v) is 6.46. The van der Waals surface area contributed by atoms with Crippen LogP contribution in [0.15, 0.2) is 79.0 Å². The van der Waals surface area contributed by atoms with Crippen LogP contribution in [0.3, 0.4) is 0 Å². The van der Waals surface area contributed by atoms with Gasteiger partial charge in [-0.2, -0.15) is 13.7 Å². The molecule has 0 aliphatic rings. The van der Waals surface area contributed by atoms with Crippen molar-refractivity contribution in [1.29, 1.82) is 5.26 Å². The first-order chi connectivity index (χ1) is 14.4. The van der Waals surface area contributed by atoms with Gasteiger partial charge in [0.25, 0.3) is 0 Å². The van der Waals surface area contributed by atoms with Crippen molar-refractivity contribution >= 4 is 15.6 Å². The number of rotatable bonds is 5. The Labute approximate surface area is 175 Å². The van der Waals surface area contributed by atoms with E-state index in [9.17, 15) is 13.7 Å². The van der Waals surface area contributed by atoms with Crippen molar-refractivity contribution in [1.82, 2.24) is 4.40 Å². The minimum Gasteiger partial charge on any atom is -0.379 e. The van der Waals surface area contributed by atoms with E-state index in [0.717, 1.165) is 16.8 Å². The summed E-state index contributed by atoms with van der Waals surface area (Å²) in [5, 5.41) is 8.69. The smallest absolute Gasteiger partial charge is 0.311 e. The van der Waals surface area contributed by atoms with Crippen molar-refractivity contribution in [3.05, 3.63) is 84.6 Å². The quantitative estimate of drug-likeness (QED) is 0.416. The van der Waals surface area contributed by atoms with E-state index in [2.05, 4.69) is 6.07 Å². The highest BCUT2D eigenvalue weighted by molar-refractivity contribution is 7.87. The standard InChI is InChI=1S/C24H20N2O3S/c1-17(2)30(27,28)29-24-21-15-18(16-25)13-14-26(21)23(20-11-7-4-8-12-20)22(24)19-9-5-3-6-10-19/h3-15,17H,1-2H3. The summed E-state index contributed by atoms with van der Waals surface area (Å²) in [6.45, 7) is 3.16. The van der Waals surface area contributed by atoms with Crippen LogP contribution in [0.5, 0.6) is 5.75 Å². The fourth-order valence-corrected chi connectivity index (χ4v) is 3.94. The highest BCUT2D eigenvalue weighted by Gasteiger charge is 2.28. The van der Waals surface area contributed by atoms with Gasteiger partial charge >= 0.3 is 10.1 Å². The third-order valence-electron chi connectivity index (χ3n) is 4.91. The average Bonchev–Trinajstić information content (AvgIpc) is 3.07. The van der Waals surface area contributed by atoms with E-state index in [1.54, 1.807) is 32.2 Å². The molecule has 5 nitrogen and oxygen atoms in total. The van der Waals surface area contributed by atoms with Crippen LogP contribution in [0, 0.1) is 11.3 Å². The minimum absolute atomic E-state index is 0.228. The molecule has 0 bridgehead atoms. The fraction of sp³-hybridized carbons (Fsp3) is 0.125. The van der Waals surface area contributed by atoms with Crippen LogP contribution in [0.1, 0.15) is 19.4 Å². The molecule has 0 unspecified atom stereocenters. The van der Waals surface area contributed by atoms with Gasteiger partial charge in [0.1, 0.15) is 0 Å². The molecule has 0 aliphatic heterocycles. The normalized spacial score (nSPS) is 11.5. The van der Waals surface area contributed by atoms with Crippen LogP contribution in [-0.2, 0) is 10.1 Å². The number of nitrogens with zero attached hydrogens (tertiary/aromatic N) is 2. The summed E-state index contributed by atoms with van der Waals surface area (Å²) >= 11 is 0. The Morgan fingerprint density at radius 2 is 1.53 bits per heavy atom. The summed E-state index contributed by atoms with van der Waals surface area (Å²) in [5.41, 5.74) is 4.15. The van der Waals surface area contributed by atoms with E-state index in [0.29, 0.717) is 16.6 Å². The molecule has 0 N–H and O–H groups in total. The van der Waals surface area contributed by atoms with E-state index >= 15 is 0 Å². The van der Waals surface area contributed by atoms with E-state index in [1.807, 2.05) is 65.1 Å². The zero-order valence-corrected chi connectivity index (χ0v) is 17.4. The molecule has 0 radical (unpaired) electrons. The fourth-order valence-electron chi connectivity index (χ4n) is 3.34. The summed E-state index contributed by atoms with van der Waals surface area (Å²) < 4.78 is 33.0. The van der Waals surface area contributed by atoms with Gasteiger partial charge in [-0.05, 0) is 37.1 Å². The first kappa shape index (κ1) is 19.7. The maximum atomic E-state index is 12.7. The van der Waals surface area contributed by atoms with Gasteiger partial charge in [0.2, 0.25) is 0 Å². The molecular formula is C24H20N2O3S. The Kier molecular flexibility index (Phi) is 5.06. The maximum Gasteiger partial charge on any atom is 0.311 e. The van der Waals surface area contributed by atoms with Gasteiger partial charge in [-0.1, -0.05) is 60.7 Å². The highest BCUT2D eigenvalue weighted by atomic mass is 32.2. The predicted octanol–water partition coefficient (Wildman–Crippen LogP) is 5.26. The molecule has 2 heterocycles. The Bertz CT molecular complexity index is 1350. The topological polar surface area (TPSA) is 71.6 Å². The van der Waals surface area contributed by atoms with Crippen molar-refractivity contribution < 1.29 is 12.6 Å². The average molecular weight is 417 g/mol. The van der Waals surface area contributed by atoms with E-state index < -0.39 is 15.4 Å². The summed E-state index contributed by atoms with van der Waals surface area (Å²) in [6, 6.07) is 24.7. The number of hydrogen-bond donors (Lipinski definition) is 0. The lowest BCUT2D eigenvalue weighted by molar-refractivity contribution is 0.480. The van der Waals surface area contributed by atoms with Crippen LogP contribution in [0.25, 0.3) is 27.9 Å². The number of benzene rings is 2. The Morgan fingerprint density at radius 1 is 0.933 bits per heavy atom. The van der Waals surface area contributed by atoms with Gasteiger partial charge in [-0.15, -0.1) is 0 Å². The van der Waals surface area contributed by atoms with Crippen LogP contribution >= 0.6 is 0 Å². The Morgan fingerprint density at radius 3 is 2.10 bits per heavy atom. The van der Waals surface area contributed by atoms with Gasteiger partial charge in [0, 0.05) is 6.20 Å². The van der Waals surface area contributed by atoms with Crippen molar-refractivity contribution in [3.8, 4) is 34.2 Å². The van der Waals surface area contributed by atoms with Gasteiger partial charge in [-0.25, -0.2) is 0 Å². The lowest BCUT2D eigenvalue weighted by atomic mass is 10.0. The first-order valence-electron chi connectivity index (χ1n) is 9.54. The molecule has 4 aromatic rings. The molecule has 2 aromatic carbocycles. The van der Waals surface area contributed by atoms with Gasteiger partial charge in [0.15, 0.2) is 5.75 Å². The molecule has 0 fully saturated rings. The van der Waals surface area contributed by atoms with Gasteiger partial charge < -0.3 is 8.58 Å². The van der Waals surface area contributed by atoms with Gasteiger partial charge in [-0.3, -0.25) is 0 Å². The van der Waals surface area contributed by atoms with Crippen LogP contribution in [-0.4, -0.2) is 18.1 Å². The molecule has 150 valence electrons. The maximum absolute atomic E-state index is 12.7. The third kappa shape index (κ3) is 3.44. The molecule has 0 aliphatic carbocycles. The summed E-state index contributed by atoms with van der Waals surface area (Å²) in [7, 11) is -3.86. The summed E-state index contributed by atoms with van der Waals surface area (Å²) in [4.78, 5) is 0. The number of pyridine rings is 1. The zero-order chi connectivity index (χ0) is 21.3. The molecular weight excluding hydrogens is 396 g/mol. The molecule has 6 heteroatoms. The highest BCUT2D eigenvalue weighted by Crippen LogP contribution is 2.45. The lowest BCUT2D eigenvalue weighted by Crippen LogP contribution is -2.20. The summed E-state index contributed by atoms with van der Waals surface area (Å²) in [5.74, 6) is 0.228. The molecule has 30 heavy (non-hydrogen) atoms. The predicted molar refractivity (Wildman–Crippen MR) is 118 cm³/mol. The van der Waals surface area contributed by atoms with E-state index in [4.69, 9.17) is 4.18 Å². The molecule has 0 amide bonds. The van der Waals surface area contributed by atoms with E-state index in [-0.39, 0.29) is 5.75 Å². The monoisotopic (exact) mass is 416 g/mol. The Balaban J connectivity index is 2.15. The number of aromatic nitrogens is 1. The molecule has 0 atom stereocenters. The number of nitriles is 1. The number of hydrogen-bond acceptors (Lipinski definition) is 4. The molecule has 4 rings (SSSR count). The second-order valence-electron chi connectivity index (χ2n) is 7.19. The SMILES string of the molecule is CC(C)S(=O)(=O)Oc1c(-c2ccccc2)c(-c2ccccc2)n2ccc(C#N)cc12. The summed E-state index contributed by atoms with van der Waals surface area (Å²) in [6.07, 6.45) is 1.78. The molecule has 0 saturated heterocycles. The largest absolute Gasteiger partial charge is 0.379 e. The second kappa shape index (κ2) is 7.69. The van der Waals surface area contributed by atoms with Crippen molar-refractivity contribution in [2.24, 2.45) is 0 Å². The minimum atomic E-state index is -3.86. The Hall–Kier alpha value is -3.56. The van der Waals surface area contributed by atoms with Crippen molar-refractivity contribution in [2.45, 2.75) is 19.1 Å². The van der Waals surface area contributed by atoms with Gasteiger partial charge in [0.05, 0.1) is 33.7 Å². The molecule has 0 saturated carbocycles. The lowest BCUT2D eigenvalue weighted by Gasteiger charge is -2.12. The molecule has 0 spiro atoms. The van der Waals surface area contributed by atoms with Crippen molar-refractivity contribution in [2.75, 3.05) is 0 Å². The van der Waals surface area contributed by atoms with Crippen LogP contribution < -0.4 is 4.18 Å².